The summed E-state index contributed by atoms with van der Waals surface area (Å²) in [6, 6.07) is 6.97. The largest absolute Gasteiger partial charge is 0.494 e. The van der Waals surface area contributed by atoms with Gasteiger partial charge in [-0.3, -0.25) is 9.59 Å². The standard InChI is InChI=1S/C16H24N2O3/c1-4-21-14-7-5-13(6-8-14)15(19)9-10-16(20)18(3)12(2)11-17/h5-8,12H,4,9-11,17H2,1-3H3. The number of nitrogens with two attached hydrogens (primary N) is 1. The molecule has 5 heteroatoms. The monoisotopic (exact) mass is 292 g/mol. The Morgan fingerprint density at radius 2 is 1.86 bits per heavy atom. The first-order valence-electron chi connectivity index (χ1n) is 7.21. The molecule has 1 aromatic carbocycles. The molecule has 0 aliphatic carbocycles. The van der Waals surface area contributed by atoms with Gasteiger partial charge in [-0.1, -0.05) is 0 Å². The maximum atomic E-state index is 12.0. The highest BCUT2D eigenvalue weighted by atomic mass is 16.5. The number of likely N-dealkylation sites (N-methyl/N-ethyl adjacent to an activating group) is 1. The minimum atomic E-state index is -0.0627. The Hall–Kier alpha value is -1.88. The highest BCUT2D eigenvalue weighted by Gasteiger charge is 2.16. The Labute approximate surface area is 126 Å². The molecule has 0 aliphatic heterocycles. The predicted molar refractivity (Wildman–Crippen MR) is 82.5 cm³/mol. The first-order valence-corrected chi connectivity index (χ1v) is 7.21. The van der Waals surface area contributed by atoms with E-state index >= 15 is 0 Å². The Bertz CT molecular complexity index is 471. The molecule has 0 bridgehead atoms. The zero-order valence-corrected chi connectivity index (χ0v) is 13.0. The highest BCUT2D eigenvalue weighted by molar-refractivity contribution is 5.98. The molecular weight excluding hydrogens is 268 g/mol. The van der Waals surface area contributed by atoms with E-state index in [4.69, 9.17) is 10.5 Å². The minimum Gasteiger partial charge on any atom is -0.494 e. The summed E-state index contributed by atoms with van der Waals surface area (Å²) in [5, 5.41) is 0. The zero-order chi connectivity index (χ0) is 15.8. The van der Waals surface area contributed by atoms with E-state index in [0.29, 0.717) is 18.7 Å². The SMILES string of the molecule is CCOc1ccc(C(=O)CCC(=O)N(C)C(C)CN)cc1. The van der Waals surface area contributed by atoms with Gasteiger partial charge in [0.25, 0.3) is 0 Å². The third-order valence-corrected chi connectivity index (χ3v) is 3.45. The number of amides is 1. The summed E-state index contributed by atoms with van der Waals surface area (Å²) in [6.45, 7) is 4.79. The molecule has 0 aromatic heterocycles. The molecule has 1 rings (SSSR count). The molecule has 0 aliphatic rings. The van der Waals surface area contributed by atoms with Gasteiger partial charge in [-0.05, 0) is 38.1 Å². The number of hydrogen-bond donors (Lipinski definition) is 1. The maximum Gasteiger partial charge on any atom is 0.223 e. The van der Waals surface area contributed by atoms with Crippen LogP contribution in [0.25, 0.3) is 0 Å². The van der Waals surface area contributed by atoms with Gasteiger partial charge in [-0.15, -0.1) is 0 Å². The quantitative estimate of drug-likeness (QED) is 0.742. The lowest BCUT2D eigenvalue weighted by atomic mass is 10.1. The molecule has 2 N–H and O–H groups in total. The number of carbonyl (C=O) groups excluding carboxylic acids is 2. The van der Waals surface area contributed by atoms with Crippen molar-refractivity contribution in [2.24, 2.45) is 5.73 Å². The first-order chi connectivity index (χ1) is 9.99. The van der Waals surface area contributed by atoms with E-state index in [1.807, 2.05) is 13.8 Å². The van der Waals surface area contributed by atoms with Crippen molar-refractivity contribution >= 4 is 11.7 Å². The van der Waals surface area contributed by atoms with E-state index in [0.717, 1.165) is 5.75 Å². The third kappa shape index (κ3) is 5.19. The average Bonchev–Trinajstić information content (AvgIpc) is 2.51. The van der Waals surface area contributed by atoms with Crippen LogP contribution in [0.5, 0.6) is 5.75 Å². The number of benzene rings is 1. The van der Waals surface area contributed by atoms with Crippen LogP contribution in [-0.4, -0.2) is 42.8 Å². The van der Waals surface area contributed by atoms with Gasteiger partial charge < -0.3 is 15.4 Å². The number of hydrogen-bond acceptors (Lipinski definition) is 4. The number of Topliss-reactive ketones (excluding diaryl/α,β-unsaturated/α-hetero) is 1. The molecule has 0 fully saturated rings. The Kier molecular flexibility index (Phi) is 6.88. The van der Waals surface area contributed by atoms with Crippen molar-refractivity contribution in [1.82, 2.24) is 4.90 Å². The van der Waals surface area contributed by atoms with Gasteiger partial charge in [0.15, 0.2) is 5.78 Å². The molecule has 0 heterocycles. The number of ketones is 1. The van der Waals surface area contributed by atoms with Crippen LogP contribution >= 0.6 is 0 Å². The number of nitrogens with zero attached hydrogens (tertiary/aromatic N) is 1. The number of rotatable bonds is 8. The van der Waals surface area contributed by atoms with E-state index in [1.54, 1.807) is 36.2 Å². The van der Waals surface area contributed by atoms with E-state index in [-0.39, 0.29) is 30.6 Å². The highest BCUT2D eigenvalue weighted by Crippen LogP contribution is 2.14. The van der Waals surface area contributed by atoms with Crippen molar-refractivity contribution in [3.63, 3.8) is 0 Å². The van der Waals surface area contributed by atoms with Crippen LogP contribution in [0.2, 0.25) is 0 Å². The van der Waals surface area contributed by atoms with Crippen LogP contribution in [0.4, 0.5) is 0 Å². The van der Waals surface area contributed by atoms with Crippen LogP contribution < -0.4 is 10.5 Å². The first kappa shape index (κ1) is 17.2. The summed E-state index contributed by atoms with van der Waals surface area (Å²) < 4.78 is 5.33. The molecule has 0 saturated carbocycles. The van der Waals surface area contributed by atoms with E-state index in [9.17, 15) is 9.59 Å². The molecule has 0 radical (unpaired) electrons. The van der Waals surface area contributed by atoms with Crippen molar-refractivity contribution in [2.45, 2.75) is 32.7 Å². The molecule has 5 nitrogen and oxygen atoms in total. The van der Waals surface area contributed by atoms with Gasteiger partial charge in [0, 0.05) is 38.0 Å². The molecule has 1 unspecified atom stereocenters. The normalized spacial score (nSPS) is 11.8. The number of ether oxygens (including phenoxy) is 1. The lowest BCUT2D eigenvalue weighted by molar-refractivity contribution is -0.131. The fourth-order valence-corrected chi connectivity index (χ4v) is 1.85. The van der Waals surface area contributed by atoms with E-state index in [1.165, 1.54) is 0 Å². The van der Waals surface area contributed by atoms with Crippen LogP contribution in [0.15, 0.2) is 24.3 Å². The predicted octanol–water partition coefficient (Wildman–Crippen LogP) is 1.85. The molecule has 1 aromatic rings. The van der Waals surface area contributed by atoms with Gasteiger partial charge in [0.1, 0.15) is 5.75 Å². The van der Waals surface area contributed by atoms with Crippen LogP contribution in [-0.2, 0) is 4.79 Å². The molecule has 1 atom stereocenters. The van der Waals surface area contributed by atoms with Gasteiger partial charge in [0.05, 0.1) is 6.61 Å². The molecular formula is C16H24N2O3. The third-order valence-electron chi connectivity index (χ3n) is 3.45. The average molecular weight is 292 g/mol. The van der Waals surface area contributed by atoms with Crippen molar-refractivity contribution in [3.8, 4) is 5.75 Å². The van der Waals surface area contributed by atoms with Gasteiger partial charge in [-0.25, -0.2) is 0 Å². The van der Waals surface area contributed by atoms with Crippen molar-refractivity contribution in [1.29, 1.82) is 0 Å². The Balaban J connectivity index is 2.51. The van der Waals surface area contributed by atoms with Crippen molar-refractivity contribution in [3.05, 3.63) is 29.8 Å². The Morgan fingerprint density at radius 1 is 1.24 bits per heavy atom. The summed E-state index contributed by atoms with van der Waals surface area (Å²) in [5.41, 5.74) is 6.12. The van der Waals surface area contributed by atoms with Gasteiger partial charge in [-0.2, -0.15) is 0 Å². The van der Waals surface area contributed by atoms with Crippen molar-refractivity contribution < 1.29 is 14.3 Å². The van der Waals surface area contributed by atoms with Crippen LogP contribution in [0.1, 0.15) is 37.0 Å². The summed E-state index contributed by atoms with van der Waals surface area (Å²) in [5.74, 6) is 0.633. The number of carbonyl (C=O) groups is 2. The van der Waals surface area contributed by atoms with Crippen molar-refractivity contribution in [2.75, 3.05) is 20.2 Å². The molecule has 0 spiro atoms. The fraction of sp³-hybridized carbons (Fsp3) is 0.500. The van der Waals surface area contributed by atoms with Gasteiger partial charge >= 0.3 is 0 Å². The lowest BCUT2D eigenvalue weighted by Gasteiger charge is -2.23. The zero-order valence-electron chi connectivity index (χ0n) is 13.0. The molecule has 0 saturated heterocycles. The minimum absolute atomic E-state index is 0.0157. The summed E-state index contributed by atoms with van der Waals surface area (Å²) in [6.07, 6.45) is 0.404. The van der Waals surface area contributed by atoms with E-state index in [2.05, 4.69) is 0 Å². The maximum absolute atomic E-state index is 12.0. The fourth-order valence-electron chi connectivity index (χ4n) is 1.85. The molecule has 116 valence electrons. The lowest BCUT2D eigenvalue weighted by Crippen LogP contribution is -2.39. The summed E-state index contributed by atoms with van der Waals surface area (Å²) in [7, 11) is 1.71. The van der Waals surface area contributed by atoms with Crippen LogP contribution in [0.3, 0.4) is 0 Å². The topological polar surface area (TPSA) is 72.6 Å². The summed E-state index contributed by atoms with van der Waals surface area (Å²) >= 11 is 0. The van der Waals surface area contributed by atoms with Gasteiger partial charge in [0.2, 0.25) is 5.91 Å². The second-order valence-corrected chi connectivity index (χ2v) is 4.97. The smallest absolute Gasteiger partial charge is 0.223 e. The van der Waals surface area contributed by atoms with Crippen LogP contribution in [0, 0.1) is 0 Å². The second-order valence-electron chi connectivity index (χ2n) is 4.97. The Morgan fingerprint density at radius 3 is 2.38 bits per heavy atom. The molecule has 1 amide bonds. The molecule has 21 heavy (non-hydrogen) atoms. The second kappa shape index (κ2) is 8.42. The van der Waals surface area contributed by atoms with E-state index < -0.39 is 0 Å². The summed E-state index contributed by atoms with van der Waals surface area (Å²) in [4.78, 5) is 25.5.